The van der Waals surface area contributed by atoms with Gasteiger partial charge in [0.2, 0.25) is 5.78 Å². The van der Waals surface area contributed by atoms with Gasteiger partial charge in [0.15, 0.2) is 24.7 Å². The Kier molecular flexibility index (Phi) is 6.24. The molecular weight excluding hydrogens is 370 g/mol. The molecule has 0 unspecified atom stereocenters. The topological polar surface area (TPSA) is 132 Å². The van der Waals surface area contributed by atoms with E-state index in [2.05, 4.69) is 0 Å². The number of ether oxygens (including phenoxy) is 3. The molecule has 0 saturated heterocycles. The van der Waals surface area contributed by atoms with E-state index in [-0.39, 0.29) is 5.82 Å². The van der Waals surface area contributed by atoms with Crippen molar-refractivity contribution in [1.29, 1.82) is 0 Å². The van der Waals surface area contributed by atoms with E-state index in [0.717, 1.165) is 14.7 Å². The first-order valence-corrected chi connectivity index (χ1v) is 8.19. The maximum atomic E-state index is 12.3. The number of nitrogens with zero attached hydrogens (tertiary/aromatic N) is 2. The minimum absolute atomic E-state index is 0.296. The monoisotopic (exact) mass is 391 g/mol. The van der Waals surface area contributed by atoms with Crippen molar-refractivity contribution in [1.82, 2.24) is 9.13 Å². The van der Waals surface area contributed by atoms with Crippen LogP contribution in [0.3, 0.4) is 0 Å². The Morgan fingerprint density at radius 3 is 2.39 bits per heavy atom. The predicted molar refractivity (Wildman–Crippen MR) is 99.9 cm³/mol. The highest BCUT2D eigenvalue weighted by Crippen LogP contribution is 2.27. The molecule has 0 radical (unpaired) electrons. The summed E-state index contributed by atoms with van der Waals surface area (Å²) in [5.41, 5.74) is 4.69. The zero-order valence-electron chi connectivity index (χ0n) is 16.0. The second-order valence-corrected chi connectivity index (χ2v) is 5.99. The summed E-state index contributed by atoms with van der Waals surface area (Å²) in [6.07, 6.45) is 0. The van der Waals surface area contributed by atoms with Gasteiger partial charge in [-0.3, -0.25) is 18.7 Å². The maximum Gasteiger partial charge on any atom is 0.344 e. The van der Waals surface area contributed by atoms with Crippen molar-refractivity contribution in [2.45, 2.75) is 6.92 Å². The Morgan fingerprint density at radius 2 is 1.75 bits per heavy atom. The fourth-order valence-corrected chi connectivity index (χ4v) is 2.41. The quantitative estimate of drug-likeness (QED) is 0.506. The van der Waals surface area contributed by atoms with Crippen molar-refractivity contribution in [3.63, 3.8) is 0 Å². The fourth-order valence-electron chi connectivity index (χ4n) is 2.41. The Morgan fingerprint density at radius 1 is 1.07 bits per heavy atom. The number of hydrogen-bond donors (Lipinski definition) is 1. The van der Waals surface area contributed by atoms with Crippen LogP contribution in [0.25, 0.3) is 0 Å². The van der Waals surface area contributed by atoms with Crippen LogP contribution >= 0.6 is 0 Å². The Labute approximate surface area is 160 Å². The van der Waals surface area contributed by atoms with Crippen LogP contribution in [0.5, 0.6) is 11.5 Å². The molecule has 0 amide bonds. The number of hydrogen-bond acceptors (Lipinski definition) is 8. The number of esters is 1. The number of methoxy groups -OCH3 is 1. The normalized spacial score (nSPS) is 10.4. The number of benzene rings is 1. The standard InChI is InChI=1S/C18H21N3O7/c1-10-5-6-12(13(7-10)26-4)27-9-14(23)28-8-11(22)15-16(19)20(2)18(25)21(3)17(15)24/h5-7H,8-9,19H2,1-4H3. The highest BCUT2D eigenvalue weighted by atomic mass is 16.6. The van der Waals surface area contributed by atoms with Gasteiger partial charge < -0.3 is 19.9 Å². The number of rotatable bonds is 7. The van der Waals surface area contributed by atoms with Gasteiger partial charge in [0.25, 0.3) is 5.56 Å². The smallest absolute Gasteiger partial charge is 0.344 e. The molecule has 10 nitrogen and oxygen atoms in total. The molecule has 1 heterocycles. The lowest BCUT2D eigenvalue weighted by atomic mass is 10.2. The average molecular weight is 391 g/mol. The second-order valence-electron chi connectivity index (χ2n) is 5.99. The van der Waals surface area contributed by atoms with Crippen molar-refractivity contribution >= 4 is 17.6 Å². The molecular formula is C18H21N3O7. The summed E-state index contributed by atoms with van der Waals surface area (Å²) in [5, 5.41) is 0. The molecule has 1 aromatic carbocycles. The lowest BCUT2D eigenvalue weighted by Crippen LogP contribution is -2.42. The van der Waals surface area contributed by atoms with Gasteiger partial charge in [-0.05, 0) is 24.6 Å². The Balaban J connectivity index is 2.03. The van der Waals surface area contributed by atoms with Crippen LogP contribution in [0.15, 0.2) is 27.8 Å². The predicted octanol–water partition coefficient (Wildman–Crippen LogP) is -0.212. The zero-order chi connectivity index (χ0) is 21.0. The molecule has 28 heavy (non-hydrogen) atoms. The molecule has 0 aliphatic carbocycles. The number of carbonyl (C=O) groups is 2. The van der Waals surface area contributed by atoms with Gasteiger partial charge in [-0.15, -0.1) is 0 Å². The van der Waals surface area contributed by atoms with E-state index in [9.17, 15) is 19.2 Å². The summed E-state index contributed by atoms with van der Waals surface area (Å²) >= 11 is 0. The molecule has 2 N–H and O–H groups in total. The molecule has 0 bridgehead atoms. The van der Waals surface area contributed by atoms with E-state index in [1.807, 2.05) is 6.92 Å². The number of ketones is 1. The van der Waals surface area contributed by atoms with Gasteiger partial charge in [0, 0.05) is 14.1 Å². The van der Waals surface area contributed by atoms with Crippen LogP contribution in [-0.4, -0.2) is 41.2 Å². The summed E-state index contributed by atoms with van der Waals surface area (Å²) < 4.78 is 17.1. The third kappa shape index (κ3) is 4.22. The minimum Gasteiger partial charge on any atom is -0.493 e. The van der Waals surface area contributed by atoms with E-state index in [4.69, 9.17) is 19.9 Å². The molecule has 1 aromatic heterocycles. The van der Waals surface area contributed by atoms with E-state index < -0.39 is 41.8 Å². The minimum atomic E-state index is -0.859. The van der Waals surface area contributed by atoms with Crippen LogP contribution in [0.1, 0.15) is 15.9 Å². The van der Waals surface area contributed by atoms with E-state index in [1.165, 1.54) is 21.2 Å². The number of nitrogen functional groups attached to an aromatic ring is 1. The van der Waals surface area contributed by atoms with Gasteiger partial charge in [-0.25, -0.2) is 9.59 Å². The number of nitrogens with two attached hydrogens (primary N) is 1. The van der Waals surface area contributed by atoms with Gasteiger partial charge in [0.1, 0.15) is 11.4 Å². The van der Waals surface area contributed by atoms with Gasteiger partial charge in [-0.1, -0.05) is 6.07 Å². The van der Waals surface area contributed by atoms with Crippen LogP contribution in [-0.2, 0) is 23.6 Å². The van der Waals surface area contributed by atoms with Crippen LogP contribution in [0.4, 0.5) is 5.82 Å². The van der Waals surface area contributed by atoms with Gasteiger partial charge in [-0.2, -0.15) is 0 Å². The molecule has 0 aliphatic rings. The van der Waals surface area contributed by atoms with Crippen LogP contribution < -0.4 is 26.5 Å². The van der Waals surface area contributed by atoms with E-state index in [1.54, 1.807) is 18.2 Å². The summed E-state index contributed by atoms with van der Waals surface area (Å²) in [7, 11) is 4.01. The van der Waals surface area contributed by atoms with Crippen LogP contribution in [0.2, 0.25) is 0 Å². The molecule has 0 aliphatic heterocycles. The first kappa shape index (κ1) is 20.7. The summed E-state index contributed by atoms with van der Waals surface area (Å²) in [6, 6.07) is 5.16. The van der Waals surface area contributed by atoms with Crippen LogP contribution in [0, 0.1) is 6.92 Å². The summed E-state index contributed by atoms with van der Waals surface area (Å²) in [5.74, 6) is -1.15. The molecule has 2 rings (SSSR count). The number of aryl methyl sites for hydroxylation is 1. The number of Topliss-reactive ketones (excluding diaryl/α,β-unsaturated/α-hetero) is 1. The largest absolute Gasteiger partial charge is 0.493 e. The average Bonchev–Trinajstić information content (AvgIpc) is 2.68. The summed E-state index contributed by atoms with van der Waals surface area (Å²) in [4.78, 5) is 48.0. The third-order valence-corrected chi connectivity index (χ3v) is 4.02. The summed E-state index contributed by atoms with van der Waals surface area (Å²) in [6.45, 7) is 0.694. The lowest BCUT2D eigenvalue weighted by Gasteiger charge is -2.12. The number of aromatic nitrogens is 2. The second kappa shape index (κ2) is 8.42. The van der Waals surface area contributed by atoms with Crippen molar-refractivity contribution in [3.8, 4) is 11.5 Å². The fraction of sp³-hybridized carbons (Fsp3) is 0.333. The molecule has 0 atom stereocenters. The molecule has 0 saturated carbocycles. The van der Waals surface area contributed by atoms with Crippen molar-refractivity contribution in [2.24, 2.45) is 14.1 Å². The molecule has 0 fully saturated rings. The first-order valence-electron chi connectivity index (χ1n) is 8.19. The van der Waals surface area contributed by atoms with Crippen molar-refractivity contribution < 1.29 is 23.8 Å². The van der Waals surface area contributed by atoms with Crippen molar-refractivity contribution in [2.75, 3.05) is 26.1 Å². The number of anilines is 1. The van der Waals surface area contributed by atoms with E-state index in [0.29, 0.717) is 11.5 Å². The molecule has 150 valence electrons. The van der Waals surface area contributed by atoms with Gasteiger partial charge >= 0.3 is 11.7 Å². The first-order chi connectivity index (χ1) is 13.2. The Bertz CT molecular complexity index is 1040. The molecule has 0 spiro atoms. The molecule has 2 aromatic rings. The zero-order valence-corrected chi connectivity index (χ0v) is 16.0. The highest BCUT2D eigenvalue weighted by molar-refractivity contribution is 6.01. The number of carbonyl (C=O) groups excluding carboxylic acids is 2. The van der Waals surface area contributed by atoms with Crippen molar-refractivity contribution in [3.05, 3.63) is 50.2 Å². The highest BCUT2D eigenvalue weighted by Gasteiger charge is 2.21. The lowest BCUT2D eigenvalue weighted by molar-refractivity contribution is -0.144. The van der Waals surface area contributed by atoms with E-state index >= 15 is 0 Å². The maximum absolute atomic E-state index is 12.3. The SMILES string of the molecule is COc1cc(C)ccc1OCC(=O)OCC(=O)c1c(N)n(C)c(=O)n(C)c1=O. The third-order valence-electron chi connectivity index (χ3n) is 4.02. The molecule has 10 heteroatoms. The van der Waals surface area contributed by atoms with Gasteiger partial charge in [0.05, 0.1) is 7.11 Å². The Hall–Kier alpha value is -3.56.